The van der Waals surface area contributed by atoms with Crippen LogP contribution in [0.2, 0.25) is 0 Å². The zero-order valence-corrected chi connectivity index (χ0v) is 12.7. The lowest BCUT2D eigenvalue weighted by molar-refractivity contribution is -0.0362. The molecule has 1 N–H and O–H groups in total. The maximum atomic E-state index is 12.4. The van der Waals surface area contributed by atoms with Crippen LogP contribution in [0.25, 0.3) is 0 Å². The summed E-state index contributed by atoms with van der Waals surface area (Å²) in [5.74, 6) is 0.334. The van der Waals surface area contributed by atoms with Gasteiger partial charge in [0, 0.05) is 12.5 Å². The Hall–Kier alpha value is -1.21. The first-order valence-electron chi connectivity index (χ1n) is 7.18. The van der Waals surface area contributed by atoms with E-state index < -0.39 is 0 Å². The first-order valence-corrected chi connectivity index (χ1v) is 7.99. The fraction of sp³-hybridized carbons (Fsp3) is 0.769. The highest BCUT2D eigenvalue weighted by molar-refractivity contribution is 7.15. The summed E-state index contributed by atoms with van der Waals surface area (Å²) in [6, 6.07) is 0.151. The number of aromatic nitrogens is 2. The molecule has 1 aromatic heterocycles. The molecule has 2 amide bonds. The summed E-state index contributed by atoms with van der Waals surface area (Å²) in [6.07, 6.45) is 3.45. The van der Waals surface area contributed by atoms with Gasteiger partial charge in [-0.3, -0.25) is 5.32 Å². The van der Waals surface area contributed by atoms with Gasteiger partial charge in [-0.1, -0.05) is 25.2 Å². The van der Waals surface area contributed by atoms with Crippen LogP contribution in [-0.4, -0.2) is 46.4 Å². The van der Waals surface area contributed by atoms with E-state index in [2.05, 4.69) is 29.4 Å². The van der Waals surface area contributed by atoms with Crippen molar-refractivity contribution in [3.63, 3.8) is 0 Å². The molecule has 2 aliphatic rings. The fourth-order valence-electron chi connectivity index (χ4n) is 2.86. The highest BCUT2D eigenvalue weighted by Gasteiger charge is 2.38. The van der Waals surface area contributed by atoms with Gasteiger partial charge in [-0.05, 0) is 19.3 Å². The number of carbonyl (C=O) groups excluding carboxylic acids is 1. The molecular weight excluding hydrogens is 276 g/mol. The largest absolute Gasteiger partial charge is 0.374 e. The van der Waals surface area contributed by atoms with Crippen LogP contribution in [0.5, 0.6) is 0 Å². The normalized spacial score (nSPS) is 25.9. The number of fused-ring (bicyclic) bond motifs is 1. The van der Waals surface area contributed by atoms with E-state index in [9.17, 15) is 4.79 Å². The van der Waals surface area contributed by atoms with Gasteiger partial charge in [-0.25, -0.2) is 4.79 Å². The number of carbonyl (C=O) groups is 1. The van der Waals surface area contributed by atoms with Gasteiger partial charge in [0.05, 0.1) is 18.8 Å². The molecule has 1 saturated carbocycles. The monoisotopic (exact) mass is 296 g/mol. The van der Waals surface area contributed by atoms with Crippen LogP contribution in [0.4, 0.5) is 9.93 Å². The summed E-state index contributed by atoms with van der Waals surface area (Å²) >= 11 is 1.45. The molecule has 0 unspecified atom stereocenters. The molecule has 7 heteroatoms. The highest BCUT2D eigenvalue weighted by Crippen LogP contribution is 2.30. The number of nitrogens with zero attached hydrogens (tertiary/aromatic N) is 3. The molecule has 2 heterocycles. The lowest BCUT2D eigenvalue weighted by Gasteiger charge is -2.37. The average Bonchev–Trinajstić information content (AvgIpc) is 3.05. The van der Waals surface area contributed by atoms with Gasteiger partial charge in [0.25, 0.3) is 0 Å². The molecule has 2 atom stereocenters. The molecule has 20 heavy (non-hydrogen) atoms. The van der Waals surface area contributed by atoms with Crippen molar-refractivity contribution in [1.82, 2.24) is 15.1 Å². The Morgan fingerprint density at radius 1 is 1.45 bits per heavy atom. The molecule has 110 valence electrons. The van der Waals surface area contributed by atoms with Crippen molar-refractivity contribution in [2.45, 2.75) is 51.2 Å². The molecule has 6 nitrogen and oxygen atoms in total. The second-order valence-corrected chi connectivity index (χ2v) is 6.64. The second-order valence-electron chi connectivity index (χ2n) is 5.63. The molecule has 0 aromatic carbocycles. The van der Waals surface area contributed by atoms with Crippen LogP contribution < -0.4 is 5.32 Å². The van der Waals surface area contributed by atoms with Crippen LogP contribution in [0.3, 0.4) is 0 Å². The molecule has 1 aliphatic carbocycles. The standard InChI is InChI=1S/C13H20N4O2S/c1-8(2)11-15-16-12(20-11)14-13(18)17-6-7-19-10-5-3-4-9(10)17/h8-10H,3-7H2,1-2H3,(H,14,16,18)/t9-,10-/m1/s1. The SMILES string of the molecule is CC(C)c1nnc(NC(=O)N2CCO[C@@H]3CCC[C@H]32)s1. The Morgan fingerprint density at radius 3 is 3.05 bits per heavy atom. The van der Waals surface area contributed by atoms with Gasteiger partial charge in [0.2, 0.25) is 5.13 Å². The maximum absolute atomic E-state index is 12.4. The lowest BCUT2D eigenvalue weighted by Crippen LogP contribution is -2.52. The lowest BCUT2D eigenvalue weighted by atomic mass is 10.1. The number of anilines is 1. The number of nitrogens with one attached hydrogen (secondary N) is 1. The maximum Gasteiger partial charge on any atom is 0.324 e. The third kappa shape index (κ3) is 2.64. The third-order valence-electron chi connectivity index (χ3n) is 3.89. The summed E-state index contributed by atoms with van der Waals surface area (Å²) in [5, 5.41) is 12.5. The molecule has 1 saturated heterocycles. The molecule has 3 rings (SSSR count). The number of ether oxygens (including phenoxy) is 1. The Kier molecular flexibility index (Phi) is 3.89. The van der Waals surface area contributed by atoms with E-state index in [4.69, 9.17) is 4.74 Å². The van der Waals surface area contributed by atoms with Crippen molar-refractivity contribution in [3.8, 4) is 0 Å². The van der Waals surface area contributed by atoms with Crippen molar-refractivity contribution in [1.29, 1.82) is 0 Å². The molecule has 0 bridgehead atoms. The minimum atomic E-state index is -0.0725. The van der Waals surface area contributed by atoms with E-state index in [1.807, 2.05) is 4.90 Å². The second kappa shape index (κ2) is 5.65. The van der Waals surface area contributed by atoms with Gasteiger partial charge < -0.3 is 9.64 Å². The molecule has 0 spiro atoms. The number of rotatable bonds is 2. The summed E-state index contributed by atoms with van der Waals surface area (Å²) in [6.45, 7) is 5.42. The molecule has 2 fully saturated rings. The van der Waals surface area contributed by atoms with E-state index in [0.717, 1.165) is 24.3 Å². The van der Waals surface area contributed by atoms with E-state index >= 15 is 0 Å². The molecule has 0 radical (unpaired) electrons. The molecule has 1 aliphatic heterocycles. The van der Waals surface area contributed by atoms with Gasteiger partial charge in [0.1, 0.15) is 5.01 Å². The zero-order valence-electron chi connectivity index (χ0n) is 11.8. The van der Waals surface area contributed by atoms with Crippen LogP contribution in [0.15, 0.2) is 0 Å². The van der Waals surface area contributed by atoms with Crippen LogP contribution in [0, 0.1) is 0 Å². The topological polar surface area (TPSA) is 67.4 Å². The predicted octanol–water partition coefficient (Wildman–Crippen LogP) is 2.45. The van der Waals surface area contributed by atoms with E-state index in [1.165, 1.54) is 11.3 Å². The summed E-state index contributed by atoms with van der Waals surface area (Å²) in [5.41, 5.74) is 0. The van der Waals surface area contributed by atoms with E-state index in [-0.39, 0.29) is 18.2 Å². The number of hydrogen-bond donors (Lipinski definition) is 1. The van der Waals surface area contributed by atoms with Gasteiger partial charge in [-0.2, -0.15) is 0 Å². The van der Waals surface area contributed by atoms with E-state index in [1.54, 1.807) is 0 Å². The zero-order chi connectivity index (χ0) is 14.1. The van der Waals surface area contributed by atoms with Crippen molar-refractivity contribution < 1.29 is 9.53 Å². The van der Waals surface area contributed by atoms with Crippen molar-refractivity contribution in [3.05, 3.63) is 5.01 Å². The first kappa shape index (κ1) is 13.8. The quantitative estimate of drug-likeness (QED) is 0.910. The van der Waals surface area contributed by atoms with E-state index in [0.29, 0.717) is 24.2 Å². The van der Waals surface area contributed by atoms with Crippen LogP contribution in [-0.2, 0) is 4.74 Å². The molecule has 1 aromatic rings. The number of morpholine rings is 1. The summed E-state index contributed by atoms with van der Waals surface area (Å²) < 4.78 is 5.72. The predicted molar refractivity (Wildman–Crippen MR) is 77.1 cm³/mol. The first-order chi connectivity index (χ1) is 9.65. The summed E-state index contributed by atoms with van der Waals surface area (Å²) in [7, 11) is 0. The molecular formula is C13H20N4O2S. The fourth-order valence-corrected chi connectivity index (χ4v) is 3.59. The Morgan fingerprint density at radius 2 is 2.30 bits per heavy atom. The van der Waals surface area contributed by atoms with Gasteiger partial charge in [-0.15, -0.1) is 10.2 Å². The van der Waals surface area contributed by atoms with Gasteiger partial charge >= 0.3 is 6.03 Å². The van der Waals surface area contributed by atoms with Crippen molar-refractivity contribution in [2.24, 2.45) is 0 Å². The average molecular weight is 296 g/mol. The smallest absolute Gasteiger partial charge is 0.324 e. The van der Waals surface area contributed by atoms with Gasteiger partial charge in [0.15, 0.2) is 0 Å². The minimum absolute atomic E-state index is 0.0725. The Labute approximate surface area is 122 Å². The Bertz CT molecular complexity index is 490. The number of amides is 2. The highest BCUT2D eigenvalue weighted by atomic mass is 32.1. The summed E-state index contributed by atoms with van der Waals surface area (Å²) in [4.78, 5) is 14.3. The van der Waals surface area contributed by atoms with Crippen molar-refractivity contribution >= 4 is 22.5 Å². The van der Waals surface area contributed by atoms with Crippen molar-refractivity contribution in [2.75, 3.05) is 18.5 Å². The van der Waals surface area contributed by atoms with Crippen LogP contribution in [0.1, 0.15) is 44.0 Å². The van der Waals surface area contributed by atoms with Crippen LogP contribution >= 0.6 is 11.3 Å². The Balaban J connectivity index is 1.65. The minimum Gasteiger partial charge on any atom is -0.374 e. The third-order valence-corrected chi connectivity index (χ3v) is 5.03. The number of urea groups is 1. The number of hydrogen-bond acceptors (Lipinski definition) is 5.